The van der Waals surface area contributed by atoms with Crippen LogP contribution in [0.15, 0.2) is 42.7 Å². The van der Waals surface area contributed by atoms with Crippen molar-refractivity contribution in [3.05, 3.63) is 53.3 Å². The van der Waals surface area contributed by atoms with E-state index in [-0.39, 0.29) is 6.03 Å². The zero-order valence-corrected chi connectivity index (χ0v) is 22.3. The maximum Gasteiger partial charge on any atom is 0.317 e. The van der Waals surface area contributed by atoms with Crippen molar-refractivity contribution in [2.24, 2.45) is 0 Å². The summed E-state index contributed by atoms with van der Waals surface area (Å²) in [5, 5.41) is 8.25. The Bertz CT molecular complexity index is 1210. The molecular weight excluding hydrogens is 472 g/mol. The highest BCUT2D eigenvalue weighted by Crippen LogP contribution is 2.36. The molecule has 8 heteroatoms. The minimum absolute atomic E-state index is 0.0190. The molecule has 7 nitrogen and oxygen atoms in total. The summed E-state index contributed by atoms with van der Waals surface area (Å²) in [5.41, 5.74) is 5.65. The molecule has 2 saturated heterocycles. The molecule has 0 saturated carbocycles. The zero-order chi connectivity index (χ0) is 25.2. The molecule has 0 radical (unpaired) electrons. The number of anilines is 1. The second-order valence-electron chi connectivity index (χ2n) is 10.2. The van der Waals surface area contributed by atoms with Gasteiger partial charge in [0, 0.05) is 67.3 Å². The van der Waals surface area contributed by atoms with Gasteiger partial charge in [0.25, 0.3) is 0 Å². The first-order valence-corrected chi connectivity index (χ1v) is 13.6. The Kier molecular flexibility index (Phi) is 7.39. The number of piperazine rings is 1. The first kappa shape index (κ1) is 24.9. The highest BCUT2D eigenvalue weighted by molar-refractivity contribution is 6.33. The molecule has 5 rings (SSSR count). The third kappa shape index (κ3) is 5.04. The first-order valence-electron chi connectivity index (χ1n) is 13.2. The van der Waals surface area contributed by atoms with Crippen LogP contribution in [-0.4, -0.2) is 77.3 Å². The van der Waals surface area contributed by atoms with Gasteiger partial charge in [-0.3, -0.25) is 0 Å². The van der Waals surface area contributed by atoms with Crippen LogP contribution in [0.5, 0.6) is 0 Å². The van der Waals surface area contributed by atoms with Gasteiger partial charge >= 0.3 is 6.03 Å². The fourth-order valence-corrected chi connectivity index (χ4v) is 5.89. The summed E-state index contributed by atoms with van der Waals surface area (Å²) < 4.78 is 1.94. The van der Waals surface area contributed by atoms with Crippen molar-refractivity contribution in [3.63, 3.8) is 0 Å². The summed E-state index contributed by atoms with van der Waals surface area (Å²) in [5.74, 6) is 0.575. The molecule has 192 valence electrons. The maximum absolute atomic E-state index is 12.2. The number of amides is 2. The Morgan fingerprint density at radius 2 is 1.83 bits per heavy atom. The van der Waals surface area contributed by atoms with Crippen molar-refractivity contribution >= 4 is 28.8 Å². The molecule has 4 heterocycles. The van der Waals surface area contributed by atoms with Gasteiger partial charge in [0.1, 0.15) is 0 Å². The summed E-state index contributed by atoms with van der Waals surface area (Å²) >= 11 is 6.86. The Morgan fingerprint density at radius 3 is 2.50 bits per heavy atom. The standard InChI is InChI=1S/C28H37ClN6O/c1-4-30-28(36)34-15-13-33(14-16-34)26-7-10-31-35-19-23(18-27(26)35)24-6-5-22(17-25(24)29)21-8-11-32(12-9-21)20(2)3/h5-7,10,17-21H,4,8-9,11-16H2,1-3H3,(H,30,36). The van der Waals surface area contributed by atoms with E-state index in [4.69, 9.17) is 11.6 Å². The molecule has 0 atom stereocenters. The molecule has 0 unspecified atom stereocenters. The Labute approximate surface area is 219 Å². The summed E-state index contributed by atoms with van der Waals surface area (Å²) in [6, 6.07) is 11.5. The molecule has 2 aromatic heterocycles. The Balaban J connectivity index is 1.33. The average Bonchev–Trinajstić information content (AvgIpc) is 3.33. The minimum Gasteiger partial charge on any atom is -0.366 e. The smallest absolute Gasteiger partial charge is 0.317 e. The largest absolute Gasteiger partial charge is 0.366 e. The van der Waals surface area contributed by atoms with Gasteiger partial charge in [-0.1, -0.05) is 23.7 Å². The van der Waals surface area contributed by atoms with Gasteiger partial charge < -0.3 is 20.0 Å². The number of rotatable bonds is 5. The number of nitrogens with zero attached hydrogens (tertiary/aromatic N) is 5. The van der Waals surface area contributed by atoms with E-state index in [0.717, 1.165) is 53.5 Å². The summed E-state index contributed by atoms with van der Waals surface area (Å²) in [4.78, 5) is 19.0. The predicted molar refractivity (Wildman–Crippen MR) is 147 cm³/mol. The Hall–Kier alpha value is -2.77. The number of halogens is 1. The summed E-state index contributed by atoms with van der Waals surface area (Å²) in [6.45, 7) is 12.5. The van der Waals surface area contributed by atoms with Crippen LogP contribution in [0.25, 0.3) is 16.6 Å². The van der Waals surface area contributed by atoms with Gasteiger partial charge in [-0.15, -0.1) is 0 Å². The van der Waals surface area contributed by atoms with Gasteiger partial charge in [0.15, 0.2) is 0 Å². The third-order valence-electron chi connectivity index (χ3n) is 7.76. The zero-order valence-electron chi connectivity index (χ0n) is 21.6. The molecule has 0 bridgehead atoms. The number of carbonyl (C=O) groups excluding carboxylic acids is 1. The second kappa shape index (κ2) is 10.7. The molecular formula is C28H37ClN6O. The summed E-state index contributed by atoms with van der Waals surface area (Å²) in [7, 11) is 0. The van der Waals surface area contributed by atoms with Crippen LogP contribution in [0.1, 0.15) is 45.1 Å². The molecule has 2 fully saturated rings. The van der Waals surface area contributed by atoms with Crippen molar-refractivity contribution in [3.8, 4) is 11.1 Å². The van der Waals surface area contributed by atoms with E-state index in [0.29, 0.717) is 31.6 Å². The van der Waals surface area contributed by atoms with E-state index >= 15 is 0 Å². The van der Waals surface area contributed by atoms with Crippen LogP contribution in [0.3, 0.4) is 0 Å². The van der Waals surface area contributed by atoms with E-state index < -0.39 is 0 Å². The monoisotopic (exact) mass is 508 g/mol. The van der Waals surface area contributed by atoms with E-state index in [1.807, 2.05) is 22.5 Å². The lowest BCUT2D eigenvalue weighted by Gasteiger charge is -2.36. The molecule has 0 spiro atoms. The van der Waals surface area contributed by atoms with Gasteiger partial charge in [-0.05, 0) is 76.4 Å². The number of benzene rings is 1. The fraction of sp³-hybridized carbons (Fsp3) is 0.500. The van der Waals surface area contributed by atoms with Crippen molar-refractivity contribution in [2.75, 3.05) is 50.7 Å². The topological polar surface area (TPSA) is 56.1 Å². The van der Waals surface area contributed by atoms with Crippen molar-refractivity contribution < 1.29 is 4.79 Å². The first-order chi connectivity index (χ1) is 17.4. The van der Waals surface area contributed by atoms with Gasteiger partial charge in [-0.2, -0.15) is 5.10 Å². The van der Waals surface area contributed by atoms with Crippen LogP contribution < -0.4 is 10.2 Å². The molecule has 2 aliphatic rings. The number of hydrogen-bond acceptors (Lipinski definition) is 4. The summed E-state index contributed by atoms with van der Waals surface area (Å²) in [6.07, 6.45) is 6.28. The van der Waals surface area contributed by atoms with Crippen molar-refractivity contribution in [1.82, 2.24) is 24.7 Å². The van der Waals surface area contributed by atoms with Crippen molar-refractivity contribution in [2.45, 2.75) is 45.6 Å². The van der Waals surface area contributed by atoms with E-state index in [2.05, 4.69) is 70.6 Å². The number of carbonyl (C=O) groups is 1. The molecule has 1 aromatic carbocycles. The minimum atomic E-state index is 0.0190. The number of fused-ring (bicyclic) bond motifs is 1. The molecule has 1 N–H and O–H groups in total. The molecule has 0 aliphatic carbocycles. The van der Waals surface area contributed by atoms with Crippen LogP contribution in [0.2, 0.25) is 5.02 Å². The number of aromatic nitrogens is 2. The van der Waals surface area contributed by atoms with Crippen LogP contribution in [-0.2, 0) is 0 Å². The van der Waals surface area contributed by atoms with Crippen LogP contribution in [0, 0.1) is 0 Å². The lowest BCUT2D eigenvalue weighted by molar-refractivity contribution is 0.172. The van der Waals surface area contributed by atoms with E-state index in [1.165, 1.54) is 18.4 Å². The van der Waals surface area contributed by atoms with Gasteiger partial charge in [0.2, 0.25) is 0 Å². The number of piperidine rings is 1. The van der Waals surface area contributed by atoms with Crippen LogP contribution in [0.4, 0.5) is 10.5 Å². The average molecular weight is 509 g/mol. The molecule has 2 amide bonds. The van der Waals surface area contributed by atoms with E-state index in [1.54, 1.807) is 0 Å². The normalized spacial score (nSPS) is 17.8. The highest BCUT2D eigenvalue weighted by Gasteiger charge is 2.24. The Morgan fingerprint density at radius 1 is 1.08 bits per heavy atom. The number of nitrogens with one attached hydrogen (secondary N) is 1. The third-order valence-corrected chi connectivity index (χ3v) is 8.07. The molecule has 36 heavy (non-hydrogen) atoms. The van der Waals surface area contributed by atoms with Gasteiger partial charge in [0.05, 0.1) is 11.2 Å². The maximum atomic E-state index is 12.2. The lowest BCUT2D eigenvalue weighted by atomic mass is 9.88. The lowest BCUT2D eigenvalue weighted by Crippen LogP contribution is -2.51. The van der Waals surface area contributed by atoms with Gasteiger partial charge in [-0.25, -0.2) is 9.31 Å². The molecule has 3 aromatic rings. The quantitative estimate of drug-likeness (QED) is 0.521. The molecule has 2 aliphatic heterocycles. The fourth-order valence-electron chi connectivity index (χ4n) is 5.60. The highest BCUT2D eigenvalue weighted by atomic mass is 35.5. The SMILES string of the molecule is CCNC(=O)N1CCN(c2ccnn3cc(-c4ccc(C5CCN(C(C)C)CC5)cc4Cl)cc23)CC1. The number of urea groups is 1. The van der Waals surface area contributed by atoms with Crippen LogP contribution >= 0.6 is 11.6 Å². The predicted octanol–water partition coefficient (Wildman–Crippen LogP) is 5.09. The number of hydrogen-bond donors (Lipinski definition) is 1. The van der Waals surface area contributed by atoms with E-state index in [9.17, 15) is 4.79 Å². The second-order valence-corrected chi connectivity index (χ2v) is 10.6. The number of likely N-dealkylation sites (tertiary alicyclic amines) is 1. The van der Waals surface area contributed by atoms with Crippen molar-refractivity contribution in [1.29, 1.82) is 0 Å².